The second-order valence-corrected chi connectivity index (χ2v) is 7.66. The van der Waals surface area contributed by atoms with Crippen molar-refractivity contribution < 1.29 is 9.53 Å². The van der Waals surface area contributed by atoms with Crippen molar-refractivity contribution in [2.75, 3.05) is 6.61 Å². The Morgan fingerprint density at radius 1 is 0.852 bits per heavy atom. The Balaban J connectivity index is 1.65. The zero-order valence-corrected chi connectivity index (χ0v) is 15.9. The smallest absolute Gasteiger partial charge is 0.293 e. The monoisotopic (exact) mass is 374 g/mol. The Morgan fingerprint density at radius 2 is 1.41 bits per heavy atom. The van der Waals surface area contributed by atoms with Crippen molar-refractivity contribution in [3.8, 4) is 11.1 Å². The predicted octanol–water partition coefficient (Wildman–Crippen LogP) is 5.44. The van der Waals surface area contributed by atoms with Gasteiger partial charge < -0.3 is 4.74 Å². The van der Waals surface area contributed by atoms with E-state index in [9.17, 15) is 4.79 Å². The lowest BCUT2D eigenvalue weighted by molar-refractivity contribution is -0.129. The summed E-state index contributed by atoms with van der Waals surface area (Å²) < 4.78 is 5.14. The van der Waals surface area contributed by atoms with Gasteiger partial charge in [0.15, 0.2) is 0 Å². The number of benzene rings is 3. The molecule has 0 aliphatic heterocycles. The number of rotatable bonds is 7. The lowest BCUT2D eigenvalue weighted by Gasteiger charge is -2.26. The Morgan fingerprint density at radius 3 is 2.00 bits per heavy atom. The summed E-state index contributed by atoms with van der Waals surface area (Å²) in [6.45, 7) is 0.907. The summed E-state index contributed by atoms with van der Waals surface area (Å²) in [7, 11) is 0. The standard InChI is InChI=1S/C24H22O2S/c25-16-26-15-18(17-8-2-1-3-9-17)14-23(27)24-21-12-6-4-10-19(21)20-11-5-7-13-22(20)24/h1-13,16,18,23-24,27H,14-15H2. The topological polar surface area (TPSA) is 26.3 Å². The molecular weight excluding hydrogens is 352 g/mol. The maximum absolute atomic E-state index is 10.8. The normalized spacial score (nSPS) is 14.9. The SMILES string of the molecule is O=COCC(CC(S)C1c2ccccc2-c2ccccc21)c1ccccc1. The zero-order chi connectivity index (χ0) is 18.6. The van der Waals surface area contributed by atoms with Gasteiger partial charge in [0.25, 0.3) is 6.47 Å². The molecule has 27 heavy (non-hydrogen) atoms. The van der Waals surface area contributed by atoms with Crippen LogP contribution in [0.15, 0.2) is 78.9 Å². The van der Waals surface area contributed by atoms with Crippen LogP contribution in [0.3, 0.4) is 0 Å². The van der Waals surface area contributed by atoms with E-state index in [-0.39, 0.29) is 17.1 Å². The quantitative estimate of drug-likeness (QED) is 0.440. The third kappa shape index (κ3) is 3.52. The summed E-state index contributed by atoms with van der Waals surface area (Å²) in [6.07, 6.45) is 0.828. The van der Waals surface area contributed by atoms with Crippen LogP contribution in [0, 0.1) is 0 Å². The maximum Gasteiger partial charge on any atom is 0.293 e. The van der Waals surface area contributed by atoms with Gasteiger partial charge in [-0.1, -0.05) is 78.9 Å². The lowest BCUT2D eigenvalue weighted by atomic mass is 9.86. The van der Waals surface area contributed by atoms with E-state index in [1.54, 1.807) is 0 Å². The minimum atomic E-state index is 0.121. The molecule has 3 aromatic carbocycles. The minimum Gasteiger partial charge on any atom is -0.467 e. The highest BCUT2D eigenvalue weighted by atomic mass is 32.1. The van der Waals surface area contributed by atoms with E-state index >= 15 is 0 Å². The van der Waals surface area contributed by atoms with Crippen LogP contribution >= 0.6 is 12.6 Å². The summed E-state index contributed by atoms with van der Waals surface area (Å²) in [5.74, 6) is 0.363. The van der Waals surface area contributed by atoms with Crippen molar-refractivity contribution in [2.24, 2.45) is 0 Å². The first-order valence-corrected chi connectivity index (χ1v) is 9.77. The van der Waals surface area contributed by atoms with E-state index in [4.69, 9.17) is 17.4 Å². The summed E-state index contributed by atoms with van der Waals surface area (Å²) in [5.41, 5.74) is 6.46. The molecule has 0 N–H and O–H groups in total. The number of carbonyl (C=O) groups is 1. The van der Waals surface area contributed by atoms with Crippen molar-refractivity contribution in [3.05, 3.63) is 95.6 Å². The number of ether oxygens (including phenoxy) is 1. The summed E-state index contributed by atoms with van der Waals surface area (Å²) in [4.78, 5) is 10.8. The minimum absolute atomic E-state index is 0.121. The summed E-state index contributed by atoms with van der Waals surface area (Å²) in [5, 5.41) is 0.121. The van der Waals surface area contributed by atoms with Crippen molar-refractivity contribution >= 4 is 19.1 Å². The number of hydrogen-bond donors (Lipinski definition) is 1. The highest BCUT2D eigenvalue weighted by molar-refractivity contribution is 7.81. The predicted molar refractivity (Wildman–Crippen MR) is 112 cm³/mol. The molecule has 0 saturated heterocycles. The fourth-order valence-corrected chi connectivity index (χ4v) is 4.79. The van der Waals surface area contributed by atoms with Gasteiger partial charge in [-0.25, -0.2) is 0 Å². The molecular formula is C24H22O2S. The lowest BCUT2D eigenvalue weighted by Crippen LogP contribution is -2.19. The second kappa shape index (κ2) is 8.01. The maximum atomic E-state index is 10.8. The molecule has 0 amide bonds. The molecule has 136 valence electrons. The van der Waals surface area contributed by atoms with Crippen LogP contribution in [0.5, 0.6) is 0 Å². The fraction of sp³-hybridized carbons (Fsp3) is 0.208. The van der Waals surface area contributed by atoms with E-state index < -0.39 is 0 Å². The van der Waals surface area contributed by atoms with Crippen LogP contribution in [0.25, 0.3) is 11.1 Å². The van der Waals surface area contributed by atoms with E-state index in [0.717, 1.165) is 6.42 Å². The molecule has 4 rings (SSSR count). The molecule has 2 nitrogen and oxygen atoms in total. The first-order chi connectivity index (χ1) is 13.3. The van der Waals surface area contributed by atoms with Gasteiger partial charge >= 0.3 is 0 Å². The molecule has 2 atom stereocenters. The van der Waals surface area contributed by atoms with Crippen molar-refractivity contribution in [1.29, 1.82) is 0 Å². The molecule has 2 unspecified atom stereocenters. The zero-order valence-electron chi connectivity index (χ0n) is 15.0. The number of hydrogen-bond acceptors (Lipinski definition) is 3. The van der Waals surface area contributed by atoms with Gasteiger partial charge in [0.05, 0.1) is 6.61 Å². The number of carbonyl (C=O) groups excluding carboxylic acids is 1. The number of thiol groups is 1. The van der Waals surface area contributed by atoms with Gasteiger partial charge in [-0.2, -0.15) is 12.6 Å². The van der Waals surface area contributed by atoms with Crippen molar-refractivity contribution in [3.63, 3.8) is 0 Å². The van der Waals surface area contributed by atoms with Gasteiger partial charge in [-0.05, 0) is 34.2 Å². The molecule has 3 heteroatoms. The molecule has 0 radical (unpaired) electrons. The number of fused-ring (bicyclic) bond motifs is 3. The van der Waals surface area contributed by atoms with Crippen molar-refractivity contribution in [2.45, 2.75) is 23.5 Å². The largest absolute Gasteiger partial charge is 0.467 e. The van der Waals surface area contributed by atoms with Crippen LogP contribution in [-0.2, 0) is 9.53 Å². The summed E-state index contributed by atoms with van der Waals surface area (Å²) in [6, 6.07) is 27.4. The van der Waals surface area contributed by atoms with Crippen LogP contribution in [0.4, 0.5) is 0 Å². The van der Waals surface area contributed by atoms with E-state index in [0.29, 0.717) is 13.1 Å². The van der Waals surface area contributed by atoms with E-state index in [1.807, 2.05) is 18.2 Å². The Hall–Kier alpha value is -2.52. The average molecular weight is 375 g/mol. The average Bonchev–Trinajstić information content (AvgIpc) is 3.06. The molecule has 0 spiro atoms. The molecule has 0 bridgehead atoms. The second-order valence-electron chi connectivity index (χ2n) is 6.99. The van der Waals surface area contributed by atoms with E-state index in [1.165, 1.54) is 27.8 Å². The molecule has 0 fully saturated rings. The molecule has 0 aromatic heterocycles. The van der Waals surface area contributed by atoms with Gasteiger partial charge in [0, 0.05) is 17.1 Å². The molecule has 1 aliphatic carbocycles. The van der Waals surface area contributed by atoms with Gasteiger partial charge in [-0.3, -0.25) is 4.79 Å². The van der Waals surface area contributed by atoms with Crippen LogP contribution in [0.2, 0.25) is 0 Å². The summed E-state index contributed by atoms with van der Waals surface area (Å²) >= 11 is 5.04. The van der Waals surface area contributed by atoms with Gasteiger partial charge in [0.1, 0.15) is 0 Å². The first kappa shape index (κ1) is 17.9. The van der Waals surface area contributed by atoms with Gasteiger partial charge in [0.2, 0.25) is 0 Å². The molecule has 0 saturated carbocycles. The molecule has 1 aliphatic rings. The third-order valence-electron chi connectivity index (χ3n) is 5.43. The Bertz CT molecular complexity index is 877. The molecule has 3 aromatic rings. The van der Waals surface area contributed by atoms with Gasteiger partial charge in [-0.15, -0.1) is 0 Å². The van der Waals surface area contributed by atoms with E-state index in [2.05, 4.69) is 60.7 Å². The first-order valence-electron chi connectivity index (χ1n) is 9.26. The van der Waals surface area contributed by atoms with Crippen LogP contribution in [0.1, 0.15) is 34.9 Å². The van der Waals surface area contributed by atoms with Crippen LogP contribution in [-0.4, -0.2) is 18.3 Å². The Labute approximate surface area is 165 Å². The Kier molecular flexibility index (Phi) is 5.30. The van der Waals surface area contributed by atoms with Crippen molar-refractivity contribution in [1.82, 2.24) is 0 Å². The van der Waals surface area contributed by atoms with Crippen LogP contribution < -0.4 is 0 Å². The fourth-order valence-electron chi connectivity index (χ4n) is 4.22. The highest BCUT2D eigenvalue weighted by Crippen LogP contribution is 2.48. The third-order valence-corrected chi connectivity index (χ3v) is 5.94. The molecule has 0 heterocycles. The highest BCUT2D eigenvalue weighted by Gasteiger charge is 2.33.